The molecule has 128 valence electrons. The first-order chi connectivity index (χ1) is 12.7. The van der Waals surface area contributed by atoms with Crippen LogP contribution in [0.25, 0.3) is 0 Å². The number of carbonyl (C=O) groups is 1. The first-order valence-electron chi connectivity index (χ1n) is 8.08. The Hall–Kier alpha value is -3.78. The van der Waals surface area contributed by atoms with Crippen molar-refractivity contribution in [3.8, 4) is 11.8 Å². The molecule has 26 heavy (non-hydrogen) atoms. The van der Waals surface area contributed by atoms with Crippen LogP contribution >= 0.6 is 0 Å². The molecule has 0 unspecified atom stereocenters. The van der Waals surface area contributed by atoms with Crippen LogP contribution in [-0.4, -0.2) is 12.5 Å². The Kier molecular flexibility index (Phi) is 5.48. The van der Waals surface area contributed by atoms with Crippen LogP contribution < -0.4 is 15.4 Å². The van der Waals surface area contributed by atoms with E-state index >= 15 is 0 Å². The van der Waals surface area contributed by atoms with Crippen LogP contribution in [0.5, 0.6) is 5.75 Å². The smallest absolute Gasteiger partial charge is 0.262 e. The Balaban J connectivity index is 1.56. The van der Waals surface area contributed by atoms with Gasteiger partial charge in [-0.1, -0.05) is 30.3 Å². The molecule has 1 amide bonds. The summed E-state index contributed by atoms with van der Waals surface area (Å²) in [6.45, 7) is -0.0560. The zero-order valence-corrected chi connectivity index (χ0v) is 14.0. The lowest BCUT2D eigenvalue weighted by Crippen LogP contribution is -2.20. The summed E-state index contributed by atoms with van der Waals surface area (Å²) in [7, 11) is 0. The SMILES string of the molecule is N#Cc1ccccc1Nc1ccc(NC(=O)COc2ccccc2)cc1. The van der Waals surface area contributed by atoms with Crippen molar-refractivity contribution in [1.82, 2.24) is 0 Å². The third-order valence-electron chi connectivity index (χ3n) is 3.61. The molecular formula is C21H17N3O2. The van der Waals surface area contributed by atoms with Crippen LogP contribution in [0.4, 0.5) is 17.1 Å². The Morgan fingerprint density at radius 3 is 2.27 bits per heavy atom. The Bertz CT molecular complexity index is 916. The van der Waals surface area contributed by atoms with Gasteiger partial charge in [-0.2, -0.15) is 5.26 Å². The van der Waals surface area contributed by atoms with Crippen molar-refractivity contribution >= 4 is 23.0 Å². The van der Waals surface area contributed by atoms with Gasteiger partial charge in [-0.15, -0.1) is 0 Å². The van der Waals surface area contributed by atoms with Crippen molar-refractivity contribution in [3.63, 3.8) is 0 Å². The Labute approximate surface area is 151 Å². The van der Waals surface area contributed by atoms with Gasteiger partial charge in [0.05, 0.1) is 11.3 Å². The molecule has 3 rings (SSSR count). The highest BCUT2D eigenvalue weighted by Crippen LogP contribution is 2.21. The summed E-state index contributed by atoms with van der Waals surface area (Å²) >= 11 is 0. The fraction of sp³-hybridized carbons (Fsp3) is 0.0476. The van der Waals surface area contributed by atoms with Crippen LogP contribution in [0.2, 0.25) is 0 Å². The lowest BCUT2D eigenvalue weighted by Gasteiger charge is -2.10. The molecule has 0 atom stereocenters. The van der Waals surface area contributed by atoms with E-state index in [2.05, 4.69) is 16.7 Å². The molecule has 0 spiro atoms. The average Bonchev–Trinajstić information content (AvgIpc) is 2.69. The number of hydrogen-bond acceptors (Lipinski definition) is 4. The van der Waals surface area contributed by atoms with E-state index in [1.165, 1.54) is 0 Å². The van der Waals surface area contributed by atoms with Gasteiger partial charge in [0.1, 0.15) is 11.8 Å². The number of anilines is 3. The molecule has 0 bridgehead atoms. The van der Waals surface area contributed by atoms with Crippen molar-refractivity contribution in [2.24, 2.45) is 0 Å². The van der Waals surface area contributed by atoms with Gasteiger partial charge in [0, 0.05) is 11.4 Å². The second kappa shape index (κ2) is 8.36. The number of benzene rings is 3. The number of hydrogen-bond donors (Lipinski definition) is 2. The quantitative estimate of drug-likeness (QED) is 0.699. The molecule has 0 aliphatic rings. The minimum atomic E-state index is -0.232. The third-order valence-corrected chi connectivity index (χ3v) is 3.61. The number of rotatable bonds is 6. The molecule has 0 aromatic heterocycles. The lowest BCUT2D eigenvalue weighted by molar-refractivity contribution is -0.118. The van der Waals surface area contributed by atoms with Crippen molar-refractivity contribution in [2.75, 3.05) is 17.2 Å². The maximum Gasteiger partial charge on any atom is 0.262 e. The molecule has 0 fully saturated rings. The largest absolute Gasteiger partial charge is 0.484 e. The summed E-state index contributed by atoms with van der Waals surface area (Å²) in [6.07, 6.45) is 0. The van der Waals surface area contributed by atoms with E-state index < -0.39 is 0 Å². The number of nitrogens with one attached hydrogen (secondary N) is 2. The summed E-state index contributed by atoms with van der Waals surface area (Å²) in [5.41, 5.74) is 2.81. The van der Waals surface area contributed by atoms with E-state index in [9.17, 15) is 4.79 Å². The van der Waals surface area contributed by atoms with Crippen molar-refractivity contribution < 1.29 is 9.53 Å². The molecule has 0 aliphatic heterocycles. The molecule has 0 radical (unpaired) electrons. The fourth-order valence-electron chi connectivity index (χ4n) is 2.34. The zero-order chi connectivity index (χ0) is 18.2. The van der Waals surface area contributed by atoms with Crippen LogP contribution in [0.1, 0.15) is 5.56 Å². The van der Waals surface area contributed by atoms with Gasteiger partial charge >= 0.3 is 0 Å². The minimum Gasteiger partial charge on any atom is -0.484 e. The molecule has 0 heterocycles. The summed E-state index contributed by atoms with van der Waals surface area (Å²) in [6, 6.07) is 25.9. The normalized spacial score (nSPS) is 9.81. The number of carbonyl (C=O) groups excluding carboxylic acids is 1. The molecule has 0 aliphatic carbocycles. The van der Waals surface area contributed by atoms with Crippen LogP contribution in [-0.2, 0) is 4.79 Å². The maximum atomic E-state index is 12.0. The standard InChI is InChI=1S/C21H17N3O2/c22-14-16-6-4-5-9-20(16)23-17-10-12-18(13-11-17)24-21(25)15-26-19-7-2-1-3-8-19/h1-13,23H,15H2,(H,24,25). The first-order valence-corrected chi connectivity index (χ1v) is 8.08. The van der Waals surface area contributed by atoms with E-state index in [0.717, 1.165) is 11.4 Å². The molecule has 0 saturated heterocycles. The van der Waals surface area contributed by atoms with E-state index in [-0.39, 0.29) is 12.5 Å². The van der Waals surface area contributed by atoms with Gasteiger partial charge in [0.2, 0.25) is 0 Å². The molecule has 2 N–H and O–H groups in total. The Morgan fingerprint density at radius 1 is 0.885 bits per heavy atom. The van der Waals surface area contributed by atoms with E-state index in [0.29, 0.717) is 17.0 Å². The fourth-order valence-corrected chi connectivity index (χ4v) is 2.34. The van der Waals surface area contributed by atoms with Crippen LogP contribution in [0.3, 0.4) is 0 Å². The summed E-state index contributed by atoms with van der Waals surface area (Å²) in [5.74, 6) is 0.419. The number of para-hydroxylation sites is 2. The number of nitrogens with zero attached hydrogens (tertiary/aromatic N) is 1. The van der Waals surface area contributed by atoms with Gasteiger partial charge in [-0.3, -0.25) is 4.79 Å². The highest BCUT2D eigenvalue weighted by molar-refractivity contribution is 5.92. The minimum absolute atomic E-state index is 0.0560. The molecule has 0 saturated carbocycles. The van der Waals surface area contributed by atoms with E-state index in [1.807, 2.05) is 48.5 Å². The second-order valence-corrected chi connectivity index (χ2v) is 5.51. The predicted octanol–water partition coefficient (Wildman–Crippen LogP) is 4.32. The highest BCUT2D eigenvalue weighted by Gasteiger charge is 2.05. The third kappa shape index (κ3) is 4.62. The number of amides is 1. The maximum absolute atomic E-state index is 12.0. The first kappa shape index (κ1) is 17.1. The molecule has 5 nitrogen and oxygen atoms in total. The summed E-state index contributed by atoms with van der Waals surface area (Å²) in [5, 5.41) is 15.1. The van der Waals surface area contributed by atoms with Gasteiger partial charge in [0.25, 0.3) is 5.91 Å². The van der Waals surface area contributed by atoms with Gasteiger partial charge in [-0.05, 0) is 48.5 Å². The summed E-state index contributed by atoms with van der Waals surface area (Å²) < 4.78 is 5.41. The van der Waals surface area contributed by atoms with E-state index in [4.69, 9.17) is 10.00 Å². The molecule has 3 aromatic carbocycles. The zero-order valence-electron chi connectivity index (χ0n) is 14.0. The number of ether oxygens (including phenoxy) is 1. The average molecular weight is 343 g/mol. The lowest BCUT2D eigenvalue weighted by atomic mass is 10.2. The second-order valence-electron chi connectivity index (χ2n) is 5.51. The van der Waals surface area contributed by atoms with E-state index in [1.54, 1.807) is 30.3 Å². The monoisotopic (exact) mass is 343 g/mol. The molecule has 5 heteroatoms. The topological polar surface area (TPSA) is 74.2 Å². The molecular weight excluding hydrogens is 326 g/mol. The van der Waals surface area contributed by atoms with Crippen molar-refractivity contribution in [1.29, 1.82) is 5.26 Å². The Morgan fingerprint density at radius 2 is 1.54 bits per heavy atom. The molecule has 3 aromatic rings. The van der Waals surface area contributed by atoms with Crippen molar-refractivity contribution in [2.45, 2.75) is 0 Å². The number of nitriles is 1. The van der Waals surface area contributed by atoms with Crippen LogP contribution in [0, 0.1) is 11.3 Å². The highest BCUT2D eigenvalue weighted by atomic mass is 16.5. The predicted molar refractivity (Wildman–Crippen MR) is 101 cm³/mol. The van der Waals surface area contributed by atoms with Crippen molar-refractivity contribution in [3.05, 3.63) is 84.4 Å². The van der Waals surface area contributed by atoms with Crippen LogP contribution in [0.15, 0.2) is 78.9 Å². The van der Waals surface area contributed by atoms with Gasteiger partial charge in [0.15, 0.2) is 6.61 Å². The van der Waals surface area contributed by atoms with Gasteiger partial charge in [-0.25, -0.2) is 0 Å². The summed E-state index contributed by atoms with van der Waals surface area (Å²) in [4.78, 5) is 12.0. The van der Waals surface area contributed by atoms with Gasteiger partial charge < -0.3 is 15.4 Å².